The smallest absolute Gasteiger partial charge is 0.123 e. The Labute approximate surface area is 104 Å². The van der Waals surface area contributed by atoms with Crippen molar-refractivity contribution in [1.29, 1.82) is 0 Å². The van der Waals surface area contributed by atoms with E-state index in [-0.39, 0.29) is 0 Å². The Balaban J connectivity index is 1.97. The van der Waals surface area contributed by atoms with Gasteiger partial charge in [0.2, 0.25) is 0 Å². The van der Waals surface area contributed by atoms with Crippen molar-refractivity contribution in [3.63, 3.8) is 0 Å². The highest BCUT2D eigenvalue weighted by Gasteiger charge is 2.21. The van der Waals surface area contributed by atoms with Gasteiger partial charge in [-0.3, -0.25) is 4.90 Å². The number of likely N-dealkylation sites (tertiary alicyclic amines) is 1. The number of nitrogen functional groups attached to an aromatic ring is 1. The molecule has 94 valence electrons. The van der Waals surface area contributed by atoms with Gasteiger partial charge in [-0.2, -0.15) is 0 Å². The molecule has 1 aromatic rings. The van der Waals surface area contributed by atoms with E-state index in [0.717, 1.165) is 12.6 Å². The Morgan fingerprint density at radius 3 is 3.00 bits per heavy atom. The fraction of sp³-hybridized carbons (Fsp3) is 0.643. The van der Waals surface area contributed by atoms with Gasteiger partial charge in [-0.15, -0.1) is 0 Å². The molecule has 0 radical (unpaired) electrons. The third-order valence-electron chi connectivity index (χ3n) is 3.60. The van der Waals surface area contributed by atoms with Gasteiger partial charge in [0.25, 0.3) is 0 Å². The van der Waals surface area contributed by atoms with Crippen LogP contribution in [-0.4, -0.2) is 22.5 Å². The van der Waals surface area contributed by atoms with Gasteiger partial charge in [-0.1, -0.05) is 25.8 Å². The molecule has 0 bridgehead atoms. The monoisotopic (exact) mass is 233 g/mol. The van der Waals surface area contributed by atoms with E-state index in [0.29, 0.717) is 5.82 Å². The van der Waals surface area contributed by atoms with Gasteiger partial charge in [-0.25, -0.2) is 4.98 Å². The molecular weight excluding hydrogens is 210 g/mol. The number of aromatic nitrogens is 1. The Hall–Kier alpha value is -1.09. The van der Waals surface area contributed by atoms with Crippen LogP contribution in [0.4, 0.5) is 5.82 Å². The highest BCUT2D eigenvalue weighted by molar-refractivity contribution is 5.29. The number of piperidine rings is 1. The van der Waals surface area contributed by atoms with Crippen LogP contribution in [0.3, 0.4) is 0 Å². The third kappa shape index (κ3) is 3.43. The molecule has 1 aliphatic heterocycles. The van der Waals surface area contributed by atoms with Gasteiger partial charge >= 0.3 is 0 Å². The van der Waals surface area contributed by atoms with Crippen LogP contribution < -0.4 is 5.73 Å². The molecule has 3 nitrogen and oxygen atoms in total. The quantitative estimate of drug-likeness (QED) is 0.869. The topological polar surface area (TPSA) is 42.1 Å². The molecule has 0 amide bonds. The zero-order chi connectivity index (χ0) is 12.1. The van der Waals surface area contributed by atoms with Crippen LogP contribution in [0.25, 0.3) is 0 Å². The number of anilines is 1. The Morgan fingerprint density at radius 1 is 1.41 bits per heavy atom. The van der Waals surface area contributed by atoms with Crippen LogP contribution >= 0.6 is 0 Å². The number of hydrogen-bond acceptors (Lipinski definition) is 3. The Bertz CT molecular complexity index is 332. The lowest BCUT2D eigenvalue weighted by molar-refractivity contribution is 0.131. The maximum atomic E-state index is 5.61. The van der Waals surface area contributed by atoms with E-state index in [1.807, 2.05) is 12.3 Å². The van der Waals surface area contributed by atoms with Gasteiger partial charge in [0.05, 0.1) is 0 Å². The van der Waals surface area contributed by atoms with E-state index in [9.17, 15) is 0 Å². The van der Waals surface area contributed by atoms with Crippen molar-refractivity contribution < 1.29 is 0 Å². The summed E-state index contributed by atoms with van der Waals surface area (Å²) in [6.07, 6.45) is 8.59. The second-order valence-electron chi connectivity index (χ2n) is 5.00. The van der Waals surface area contributed by atoms with E-state index >= 15 is 0 Å². The van der Waals surface area contributed by atoms with Crippen molar-refractivity contribution >= 4 is 5.82 Å². The molecule has 1 unspecified atom stereocenters. The van der Waals surface area contributed by atoms with Gasteiger partial charge in [0, 0.05) is 18.8 Å². The highest BCUT2D eigenvalue weighted by Crippen LogP contribution is 2.22. The van der Waals surface area contributed by atoms with E-state index in [2.05, 4.69) is 22.9 Å². The average molecular weight is 233 g/mol. The highest BCUT2D eigenvalue weighted by atomic mass is 15.2. The van der Waals surface area contributed by atoms with Crippen LogP contribution in [0, 0.1) is 0 Å². The molecule has 2 heterocycles. The predicted octanol–water partition coefficient (Wildman–Crippen LogP) is 2.82. The normalized spacial score (nSPS) is 21.6. The molecule has 0 aliphatic carbocycles. The van der Waals surface area contributed by atoms with Crippen LogP contribution in [0.15, 0.2) is 18.3 Å². The second kappa shape index (κ2) is 6.01. The van der Waals surface area contributed by atoms with Gasteiger partial charge in [0.15, 0.2) is 0 Å². The van der Waals surface area contributed by atoms with E-state index in [1.54, 1.807) is 0 Å². The molecular formula is C14H23N3. The first-order valence-electron chi connectivity index (χ1n) is 6.74. The van der Waals surface area contributed by atoms with Crippen molar-refractivity contribution in [3.05, 3.63) is 23.9 Å². The minimum absolute atomic E-state index is 0.609. The summed E-state index contributed by atoms with van der Waals surface area (Å²) in [7, 11) is 0. The largest absolute Gasteiger partial charge is 0.384 e. The molecule has 1 atom stereocenters. The van der Waals surface area contributed by atoms with Crippen molar-refractivity contribution in [1.82, 2.24) is 9.88 Å². The first-order valence-corrected chi connectivity index (χ1v) is 6.74. The fourth-order valence-corrected chi connectivity index (χ4v) is 2.69. The molecule has 1 saturated heterocycles. The summed E-state index contributed by atoms with van der Waals surface area (Å²) in [5.74, 6) is 0.609. The summed E-state index contributed by atoms with van der Waals surface area (Å²) < 4.78 is 0. The van der Waals surface area contributed by atoms with Crippen molar-refractivity contribution in [2.24, 2.45) is 0 Å². The zero-order valence-electron chi connectivity index (χ0n) is 10.7. The number of hydrogen-bond donors (Lipinski definition) is 1. The standard InChI is InChI=1S/C14H23N3/c1-2-5-13-6-3-4-9-17(13)11-12-7-8-14(15)16-10-12/h7-8,10,13H,2-6,9,11H2,1H3,(H2,15,16). The molecule has 0 saturated carbocycles. The summed E-state index contributed by atoms with van der Waals surface area (Å²) in [5, 5.41) is 0. The van der Waals surface area contributed by atoms with Crippen LogP contribution in [0.5, 0.6) is 0 Å². The maximum Gasteiger partial charge on any atom is 0.123 e. The van der Waals surface area contributed by atoms with Crippen LogP contribution in [-0.2, 0) is 6.54 Å². The number of nitrogens with two attached hydrogens (primary N) is 1. The Kier molecular flexibility index (Phi) is 4.37. The number of rotatable bonds is 4. The molecule has 1 aliphatic rings. The number of nitrogens with zero attached hydrogens (tertiary/aromatic N) is 2. The molecule has 2 N–H and O–H groups in total. The van der Waals surface area contributed by atoms with Crippen LogP contribution in [0.2, 0.25) is 0 Å². The lowest BCUT2D eigenvalue weighted by Gasteiger charge is -2.35. The van der Waals surface area contributed by atoms with Gasteiger partial charge in [-0.05, 0) is 37.4 Å². The third-order valence-corrected chi connectivity index (χ3v) is 3.60. The summed E-state index contributed by atoms with van der Waals surface area (Å²) in [6, 6.07) is 4.76. The first-order chi connectivity index (χ1) is 8.29. The minimum Gasteiger partial charge on any atom is -0.384 e. The molecule has 17 heavy (non-hydrogen) atoms. The van der Waals surface area contributed by atoms with E-state index in [4.69, 9.17) is 5.73 Å². The van der Waals surface area contributed by atoms with Gasteiger partial charge in [0.1, 0.15) is 5.82 Å². The first kappa shape index (κ1) is 12.4. The SMILES string of the molecule is CCCC1CCCCN1Cc1ccc(N)nc1. The van der Waals surface area contributed by atoms with Crippen LogP contribution in [0.1, 0.15) is 44.6 Å². The lowest BCUT2D eigenvalue weighted by Crippen LogP contribution is -2.38. The zero-order valence-corrected chi connectivity index (χ0v) is 10.7. The molecule has 3 heteroatoms. The second-order valence-corrected chi connectivity index (χ2v) is 5.00. The van der Waals surface area contributed by atoms with E-state index < -0.39 is 0 Å². The predicted molar refractivity (Wildman–Crippen MR) is 71.6 cm³/mol. The molecule has 1 fully saturated rings. The van der Waals surface area contributed by atoms with Gasteiger partial charge < -0.3 is 5.73 Å². The molecule has 0 spiro atoms. The fourth-order valence-electron chi connectivity index (χ4n) is 2.69. The molecule has 1 aromatic heterocycles. The maximum absolute atomic E-state index is 5.61. The lowest BCUT2D eigenvalue weighted by atomic mass is 9.98. The minimum atomic E-state index is 0.609. The molecule has 2 rings (SSSR count). The summed E-state index contributed by atoms with van der Waals surface area (Å²) in [4.78, 5) is 6.78. The van der Waals surface area contributed by atoms with Crippen molar-refractivity contribution in [2.75, 3.05) is 12.3 Å². The summed E-state index contributed by atoms with van der Waals surface area (Å²) in [6.45, 7) is 4.53. The Morgan fingerprint density at radius 2 is 2.29 bits per heavy atom. The molecule has 0 aromatic carbocycles. The van der Waals surface area contributed by atoms with E-state index in [1.165, 1.54) is 44.2 Å². The van der Waals surface area contributed by atoms with Crippen molar-refractivity contribution in [3.8, 4) is 0 Å². The summed E-state index contributed by atoms with van der Waals surface area (Å²) in [5.41, 5.74) is 6.89. The number of pyridine rings is 1. The van der Waals surface area contributed by atoms with Crippen molar-refractivity contribution in [2.45, 2.75) is 51.6 Å². The summed E-state index contributed by atoms with van der Waals surface area (Å²) >= 11 is 0. The average Bonchev–Trinajstić information content (AvgIpc) is 2.35.